The van der Waals surface area contributed by atoms with E-state index in [2.05, 4.69) is 70.1 Å². The number of rotatable bonds is 8. The van der Waals surface area contributed by atoms with Gasteiger partial charge >= 0.3 is 0 Å². The Kier molecular flexibility index (Phi) is 6.91. The molecule has 1 saturated carbocycles. The molecule has 4 aromatic rings. The second kappa shape index (κ2) is 10.4. The second-order valence-corrected chi connectivity index (χ2v) is 9.74. The molecule has 5 heteroatoms. The lowest BCUT2D eigenvalue weighted by atomic mass is 9.86. The monoisotopic (exact) mass is 453 g/mol. The summed E-state index contributed by atoms with van der Waals surface area (Å²) < 4.78 is 0. The van der Waals surface area contributed by atoms with Crippen molar-refractivity contribution in [2.24, 2.45) is 5.92 Å². The van der Waals surface area contributed by atoms with Gasteiger partial charge in [-0.2, -0.15) is 4.98 Å². The molecule has 0 amide bonds. The minimum atomic E-state index is 0.447. The van der Waals surface area contributed by atoms with E-state index in [0.29, 0.717) is 6.04 Å². The third-order valence-corrected chi connectivity index (χ3v) is 7.07. The van der Waals surface area contributed by atoms with Crippen LogP contribution in [-0.4, -0.2) is 43.2 Å². The van der Waals surface area contributed by atoms with Crippen molar-refractivity contribution in [3.8, 4) is 0 Å². The quantitative estimate of drug-likeness (QED) is 0.338. The van der Waals surface area contributed by atoms with E-state index in [1.165, 1.54) is 42.0 Å². The molecular weight excluding hydrogens is 418 g/mol. The van der Waals surface area contributed by atoms with Crippen molar-refractivity contribution in [1.82, 2.24) is 15.3 Å². The summed E-state index contributed by atoms with van der Waals surface area (Å²) in [5.41, 5.74) is 2.43. The Hall–Kier alpha value is -3.18. The molecule has 1 aromatic heterocycles. The van der Waals surface area contributed by atoms with Crippen LogP contribution in [0, 0.1) is 5.92 Å². The Bertz CT molecular complexity index is 1240. The van der Waals surface area contributed by atoms with Crippen LogP contribution in [0.5, 0.6) is 0 Å². The molecule has 1 heterocycles. The van der Waals surface area contributed by atoms with Gasteiger partial charge in [0, 0.05) is 25.5 Å². The maximum absolute atomic E-state index is 4.82. The average Bonchev–Trinajstić information content (AvgIpc) is 2.87. The van der Waals surface area contributed by atoms with E-state index in [1.54, 1.807) is 0 Å². The first-order valence-corrected chi connectivity index (χ1v) is 12.6. The molecule has 0 atom stereocenters. The molecule has 5 nitrogen and oxygen atoms in total. The van der Waals surface area contributed by atoms with Gasteiger partial charge in [0.25, 0.3) is 0 Å². The minimum absolute atomic E-state index is 0.447. The van der Waals surface area contributed by atoms with E-state index in [1.807, 2.05) is 26.2 Å². The molecule has 3 aromatic carbocycles. The highest BCUT2D eigenvalue weighted by Crippen LogP contribution is 2.28. The number of hydrogen-bond donors (Lipinski definition) is 2. The van der Waals surface area contributed by atoms with Crippen molar-refractivity contribution < 1.29 is 0 Å². The molecule has 176 valence electrons. The van der Waals surface area contributed by atoms with Crippen molar-refractivity contribution in [1.29, 1.82) is 0 Å². The number of fused-ring (bicyclic) bond motifs is 2. The van der Waals surface area contributed by atoms with Crippen LogP contribution in [0.4, 0.5) is 11.8 Å². The molecule has 2 N–H and O–H groups in total. The fourth-order valence-corrected chi connectivity index (χ4v) is 5.20. The number of benzene rings is 3. The van der Waals surface area contributed by atoms with Gasteiger partial charge in [0.05, 0.1) is 5.52 Å². The normalized spacial score (nSPS) is 18.3. The standard InChI is InChI=1S/C29H35N5/c1-34(2)28-26-12-5-6-13-27(26)32-29(33-28)31-24-16-14-21(15-17-24)20-30-19-18-23-10-7-9-22-8-3-4-11-25(22)23/h3-13,21,24,30H,14-20H2,1-2H3,(H,31,32,33)/t21-,24+. The van der Waals surface area contributed by atoms with Crippen LogP contribution in [0.2, 0.25) is 0 Å². The van der Waals surface area contributed by atoms with Crippen molar-refractivity contribution in [2.45, 2.75) is 38.1 Å². The summed E-state index contributed by atoms with van der Waals surface area (Å²) >= 11 is 0. The van der Waals surface area contributed by atoms with Gasteiger partial charge in [-0.3, -0.25) is 0 Å². The number of hydrogen-bond acceptors (Lipinski definition) is 5. The Morgan fingerprint density at radius 3 is 2.38 bits per heavy atom. The van der Waals surface area contributed by atoms with Gasteiger partial charge in [0.2, 0.25) is 5.95 Å². The van der Waals surface area contributed by atoms with E-state index in [9.17, 15) is 0 Å². The highest BCUT2D eigenvalue weighted by Gasteiger charge is 2.22. The summed E-state index contributed by atoms with van der Waals surface area (Å²) in [5.74, 6) is 2.47. The van der Waals surface area contributed by atoms with E-state index in [-0.39, 0.29) is 0 Å². The molecule has 0 unspecified atom stereocenters. The molecule has 0 saturated heterocycles. The summed E-state index contributed by atoms with van der Waals surface area (Å²) in [6.07, 6.45) is 5.90. The summed E-state index contributed by atoms with van der Waals surface area (Å²) in [7, 11) is 4.08. The van der Waals surface area contributed by atoms with E-state index in [4.69, 9.17) is 9.97 Å². The van der Waals surface area contributed by atoms with Gasteiger partial charge in [-0.15, -0.1) is 0 Å². The van der Waals surface area contributed by atoms with Gasteiger partial charge in [-0.25, -0.2) is 4.98 Å². The largest absolute Gasteiger partial charge is 0.362 e. The topological polar surface area (TPSA) is 53.1 Å². The highest BCUT2D eigenvalue weighted by molar-refractivity contribution is 5.90. The third-order valence-electron chi connectivity index (χ3n) is 7.07. The maximum atomic E-state index is 4.82. The van der Waals surface area contributed by atoms with Gasteiger partial charge in [0.15, 0.2) is 0 Å². The van der Waals surface area contributed by atoms with Crippen LogP contribution < -0.4 is 15.5 Å². The second-order valence-electron chi connectivity index (χ2n) is 9.74. The van der Waals surface area contributed by atoms with Crippen LogP contribution >= 0.6 is 0 Å². The maximum Gasteiger partial charge on any atom is 0.225 e. The van der Waals surface area contributed by atoms with E-state index < -0.39 is 0 Å². The van der Waals surface area contributed by atoms with Crippen molar-refractivity contribution in [3.63, 3.8) is 0 Å². The predicted octanol–water partition coefficient (Wildman–Crippen LogP) is 5.65. The van der Waals surface area contributed by atoms with Crippen molar-refractivity contribution in [3.05, 3.63) is 72.3 Å². The van der Waals surface area contributed by atoms with E-state index in [0.717, 1.165) is 48.1 Å². The van der Waals surface area contributed by atoms with Gasteiger partial charge in [0.1, 0.15) is 5.82 Å². The Morgan fingerprint density at radius 1 is 0.824 bits per heavy atom. The SMILES string of the molecule is CN(C)c1nc(N[C@H]2CC[C@@H](CNCCc3cccc4ccccc34)CC2)nc2ccccc12. The first kappa shape index (κ1) is 22.6. The lowest BCUT2D eigenvalue weighted by Gasteiger charge is -2.29. The molecule has 5 rings (SSSR count). The molecule has 0 radical (unpaired) electrons. The summed E-state index contributed by atoms with van der Waals surface area (Å²) in [6, 6.07) is 24.0. The molecule has 0 spiro atoms. The van der Waals surface area contributed by atoms with Gasteiger partial charge in [-0.05, 0) is 79.6 Å². The molecule has 0 aliphatic heterocycles. The predicted molar refractivity (Wildman–Crippen MR) is 144 cm³/mol. The van der Waals surface area contributed by atoms with Crippen LogP contribution in [0.1, 0.15) is 31.2 Å². The smallest absolute Gasteiger partial charge is 0.225 e. The highest BCUT2D eigenvalue weighted by atomic mass is 15.2. The average molecular weight is 454 g/mol. The molecule has 1 aliphatic carbocycles. The zero-order valence-electron chi connectivity index (χ0n) is 20.3. The summed E-state index contributed by atoms with van der Waals surface area (Å²) in [6.45, 7) is 2.14. The van der Waals surface area contributed by atoms with Crippen LogP contribution in [0.15, 0.2) is 66.7 Å². The zero-order chi connectivity index (χ0) is 23.3. The number of aromatic nitrogens is 2. The fourth-order valence-electron chi connectivity index (χ4n) is 5.20. The molecular formula is C29H35N5. The number of nitrogens with zero attached hydrogens (tertiary/aromatic N) is 3. The first-order chi connectivity index (χ1) is 16.7. The molecule has 34 heavy (non-hydrogen) atoms. The van der Waals surface area contributed by atoms with E-state index >= 15 is 0 Å². The third kappa shape index (κ3) is 5.15. The molecule has 0 bridgehead atoms. The summed E-state index contributed by atoms with van der Waals surface area (Å²) in [5, 5.41) is 11.2. The fraction of sp³-hybridized carbons (Fsp3) is 0.379. The van der Waals surface area contributed by atoms with Crippen LogP contribution in [0.25, 0.3) is 21.7 Å². The van der Waals surface area contributed by atoms with Gasteiger partial charge in [-0.1, -0.05) is 54.6 Å². The Morgan fingerprint density at radius 2 is 1.56 bits per heavy atom. The number of nitrogens with one attached hydrogen (secondary N) is 2. The van der Waals surface area contributed by atoms with Crippen LogP contribution in [0.3, 0.4) is 0 Å². The molecule has 1 fully saturated rings. The van der Waals surface area contributed by atoms with Crippen molar-refractivity contribution >= 4 is 33.4 Å². The first-order valence-electron chi connectivity index (χ1n) is 12.6. The minimum Gasteiger partial charge on any atom is -0.362 e. The Labute approximate surface area is 202 Å². The van der Waals surface area contributed by atoms with Crippen LogP contribution in [-0.2, 0) is 6.42 Å². The number of para-hydroxylation sites is 1. The Balaban J connectivity index is 1.10. The van der Waals surface area contributed by atoms with Gasteiger partial charge < -0.3 is 15.5 Å². The number of anilines is 2. The summed E-state index contributed by atoms with van der Waals surface area (Å²) in [4.78, 5) is 11.7. The lowest BCUT2D eigenvalue weighted by molar-refractivity contribution is 0.325. The molecule has 1 aliphatic rings. The zero-order valence-corrected chi connectivity index (χ0v) is 20.3. The lowest BCUT2D eigenvalue weighted by Crippen LogP contribution is -2.32. The van der Waals surface area contributed by atoms with Crippen molar-refractivity contribution in [2.75, 3.05) is 37.4 Å².